The lowest BCUT2D eigenvalue weighted by Gasteiger charge is -2.30. The number of carbonyl (C=O) groups excluding carboxylic acids is 2. The van der Waals surface area contributed by atoms with Gasteiger partial charge in [-0.3, -0.25) is 14.2 Å². The van der Waals surface area contributed by atoms with Crippen molar-refractivity contribution in [1.82, 2.24) is 5.32 Å². The Balaban J connectivity index is 4.91. The van der Waals surface area contributed by atoms with Crippen LogP contribution in [0, 0.1) is 0 Å². The first-order valence-corrected chi connectivity index (χ1v) is 41.5. The van der Waals surface area contributed by atoms with Crippen LogP contribution < -0.4 is 10.2 Å². The lowest BCUT2D eigenvalue weighted by Crippen LogP contribution is -2.47. The number of phosphoric ester groups is 1. The Morgan fingerprint density at radius 2 is 0.640 bits per heavy atom. The summed E-state index contributed by atoms with van der Waals surface area (Å²) < 4.78 is 30.6. The van der Waals surface area contributed by atoms with Gasteiger partial charge in [0, 0.05) is 12.8 Å². The SMILES string of the molecule is CCCCCCCCCCCCC/C=C/C(OC(=O)CCCCCCCCCCCCCCCCCCCCCCCCCCCCC)C(COP(=O)([O-])OCC[N+](C)(C)C)NC(=O)CCCCCCCCCCCCCCCCCCCCCCCCC. The molecule has 9 nitrogen and oxygen atoms in total. The number of phosphoric acid groups is 1. The molecule has 0 saturated heterocycles. The summed E-state index contributed by atoms with van der Waals surface area (Å²) >= 11 is 0. The van der Waals surface area contributed by atoms with Crippen LogP contribution in [0.1, 0.15) is 432 Å². The van der Waals surface area contributed by atoms with E-state index in [9.17, 15) is 19.0 Å². The van der Waals surface area contributed by atoms with E-state index in [0.717, 1.165) is 57.8 Å². The number of hydrogen-bond acceptors (Lipinski definition) is 7. The van der Waals surface area contributed by atoms with Crippen LogP contribution in [0.5, 0.6) is 0 Å². The second-order valence-corrected chi connectivity index (χ2v) is 30.4. The number of unbranched alkanes of at least 4 members (excludes halogenated alkanes) is 59. The minimum absolute atomic E-state index is 0.0161. The lowest BCUT2D eigenvalue weighted by molar-refractivity contribution is -0.870. The van der Waals surface area contributed by atoms with E-state index in [1.165, 1.54) is 340 Å². The van der Waals surface area contributed by atoms with E-state index in [1.807, 2.05) is 33.3 Å². The number of quaternary nitrogens is 1. The molecule has 0 bridgehead atoms. The smallest absolute Gasteiger partial charge is 0.306 e. The largest absolute Gasteiger partial charge is 0.756 e. The second kappa shape index (κ2) is 69.6. The molecule has 89 heavy (non-hydrogen) atoms. The molecule has 0 radical (unpaired) electrons. The molecule has 3 unspecified atom stereocenters. The maximum Gasteiger partial charge on any atom is 0.306 e. The molecule has 0 aliphatic heterocycles. The van der Waals surface area contributed by atoms with E-state index >= 15 is 0 Å². The van der Waals surface area contributed by atoms with E-state index in [4.69, 9.17) is 13.8 Å². The number of esters is 1. The maximum absolute atomic E-state index is 13.6. The molecule has 0 aromatic rings. The van der Waals surface area contributed by atoms with Gasteiger partial charge in [-0.15, -0.1) is 0 Å². The molecule has 0 heterocycles. The third kappa shape index (κ3) is 70.9. The Bertz CT molecular complexity index is 1520. The van der Waals surface area contributed by atoms with E-state index in [2.05, 4.69) is 26.1 Å². The van der Waals surface area contributed by atoms with Crippen LogP contribution in [0.3, 0.4) is 0 Å². The van der Waals surface area contributed by atoms with Crippen molar-refractivity contribution < 1.29 is 37.3 Å². The molecule has 3 atom stereocenters. The number of carbonyl (C=O) groups is 2. The van der Waals surface area contributed by atoms with Gasteiger partial charge in [-0.1, -0.05) is 399 Å². The molecule has 0 aliphatic rings. The average molecular weight is 1280 g/mol. The van der Waals surface area contributed by atoms with E-state index < -0.39 is 20.0 Å². The average Bonchev–Trinajstić information content (AvgIpc) is 3.64. The molecule has 0 aliphatic carbocycles. The van der Waals surface area contributed by atoms with E-state index in [0.29, 0.717) is 17.4 Å². The zero-order valence-corrected chi connectivity index (χ0v) is 61.8. The highest BCUT2D eigenvalue weighted by atomic mass is 31.2. The Morgan fingerprint density at radius 1 is 0.382 bits per heavy atom. The normalized spacial score (nSPS) is 13.4. The predicted molar refractivity (Wildman–Crippen MR) is 386 cm³/mol. The van der Waals surface area contributed by atoms with Crippen LogP contribution in [0.4, 0.5) is 0 Å². The van der Waals surface area contributed by atoms with Gasteiger partial charge in [0.2, 0.25) is 5.91 Å². The molecule has 10 heteroatoms. The Morgan fingerprint density at radius 3 is 0.921 bits per heavy atom. The molecule has 1 amide bonds. The summed E-state index contributed by atoms with van der Waals surface area (Å²) in [7, 11) is 1.22. The zero-order chi connectivity index (χ0) is 64.9. The number of ether oxygens (including phenoxy) is 1. The molecule has 0 aromatic heterocycles. The Hall–Kier alpha value is -1.25. The van der Waals surface area contributed by atoms with E-state index in [1.54, 1.807) is 0 Å². The van der Waals surface area contributed by atoms with Crippen molar-refractivity contribution in [3.8, 4) is 0 Å². The van der Waals surface area contributed by atoms with Crippen molar-refractivity contribution >= 4 is 19.7 Å². The number of rotatable bonds is 75. The van der Waals surface area contributed by atoms with Gasteiger partial charge in [-0.05, 0) is 31.8 Å². The van der Waals surface area contributed by atoms with Crippen molar-refractivity contribution in [2.24, 2.45) is 0 Å². The highest BCUT2D eigenvalue weighted by Gasteiger charge is 2.27. The van der Waals surface area contributed by atoms with Crippen molar-refractivity contribution in [1.29, 1.82) is 0 Å². The number of amides is 1. The van der Waals surface area contributed by atoms with Gasteiger partial charge in [0.05, 0.1) is 33.8 Å². The molecule has 0 rings (SSSR count). The monoisotopic (exact) mass is 1280 g/mol. The summed E-state index contributed by atoms with van der Waals surface area (Å²) in [5, 5.41) is 3.06. The first kappa shape index (κ1) is 87.8. The quantitative estimate of drug-likeness (QED) is 0.0212. The summed E-state index contributed by atoms with van der Waals surface area (Å²) in [6, 6.07) is -0.882. The molecule has 0 saturated carbocycles. The number of allylic oxidation sites excluding steroid dienone is 1. The van der Waals surface area contributed by atoms with Gasteiger partial charge in [0.15, 0.2) is 0 Å². The van der Waals surface area contributed by atoms with Gasteiger partial charge in [0.25, 0.3) is 7.82 Å². The number of likely N-dealkylation sites (N-methyl/N-ethyl adjacent to an activating group) is 1. The molecule has 0 spiro atoms. The van der Waals surface area contributed by atoms with Crippen molar-refractivity contribution in [2.45, 2.75) is 444 Å². The highest BCUT2D eigenvalue weighted by molar-refractivity contribution is 7.45. The van der Waals surface area contributed by atoms with Crippen LogP contribution in [0.2, 0.25) is 0 Å². The fourth-order valence-corrected chi connectivity index (χ4v) is 13.3. The predicted octanol–water partition coefficient (Wildman–Crippen LogP) is 25.2. The maximum atomic E-state index is 13.6. The number of nitrogens with zero attached hydrogens (tertiary/aromatic N) is 1. The van der Waals surface area contributed by atoms with Crippen LogP contribution >= 0.6 is 7.82 Å². The van der Waals surface area contributed by atoms with Gasteiger partial charge >= 0.3 is 5.97 Å². The van der Waals surface area contributed by atoms with Crippen LogP contribution in [-0.2, 0) is 27.9 Å². The minimum atomic E-state index is -4.70. The summed E-state index contributed by atoms with van der Waals surface area (Å²) in [5.41, 5.74) is 0. The summed E-state index contributed by atoms with van der Waals surface area (Å²) in [5.74, 6) is -0.508. The lowest BCUT2D eigenvalue weighted by atomic mass is 10.0. The highest BCUT2D eigenvalue weighted by Crippen LogP contribution is 2.38. The number of hydrogen-bond donors (Lipinski definition) is 1. The summed E-state index contributed by atoms with van der Waals surface area (Å²) in [4.78, 5) is 40.3. The molecule has 0 fully saturated rings. The Labute approximate surface area is 556 Å². The van der Waals surface area contributed by atoms with Crippen LogP contribution in [-0.4, -0.2) is 69.4 Å². The Kier molecular flexibility index (Phi) is 68.6. The van der Waals surface area contributed by atoms with Gasteiger partial charge in [-0.2, -0.15) is 0 Å². The standard InChI is InChI=1S/C79H157N2O7P/c1-7-10-13-16-19-22-25-28-30-32-34-36-38-39-40-41-43-45-47-49-51-54-57-60-63-66-69-72-79(83)88-77(70-67-64-61-58-55-52-27-24-21-18-15-12-9-3)76(75-87-89(84,85)86-74-73-81(4,5)6)80-78(82)71-68-65-62-59-56-53-50-48-46-44-42-37-35-33-31-29-26-23-20-17-14-11-8-2/h67,70,76-77H,7-66,68-69,71-75H2,1-6H3,(H-,80,82,84,85)/b70-67+. The molecular weight excluding hydrogens is 1120 g/mol. The summed E-state index contributed by atoms with van der Waals surface area (Å²) in [6.07, 6.45) is 85.1. The fourth-order valence-electron chi connectivity index (χ4n) is 12.6. The minimum Gasteiger partial charge on any atom is -0.756 e. The summed E-state index contributed by atoms with van der Waals surface area (Å²) in [6.45, 7) is 6.95. The van der Waals surface area contributed by atoms with Crippen molar-refractivity contribution in [3.63, 3.8) is 0 Å². The second-order valence-electron chi connectivity index (χ2n) is 28.9. The fraction of sp³-hybridized carbons (Fsp3) is 0.949. The van der Waals surface area contributed by atoms with Crippen LogP contribution in [0.15, 0.2) is 12.2 Å². The van der Waals surface area contributed by atoms with Crippen molar-refractivity contribution in [3.05, 3.63) is 12.2 Å². The first-order valence-electron chi connectivity index (χ1n) is 40.0. The van der Waals surface area contributed by atoms with E-state index in [-0.39, 0.29) is 31.5 Å². The molecule has 1 N–H and O–H groups in total. The number of nitrogens with one attached hydrogen (secondary N) is 1. The third-order valence-corrected chi connectivity index (χ3v) is 19.7. The molecular formula is C79H157N2O7P. The van der Waals surface area contributed by atoms with Crippen molar-refractivity contribution in [2.75, 3.05) is 40.9 Å². The van der Waals surface area contributed by atoms with Gasteiger partial charge < -0.3 is 28.5 Å². The van der Waals surface area contributed by atoms with Crippen LogP contribution in [0.25, 0.3) is 0 Å². The third-order valence-electron chi connectivity index (χ3n) is 18.7. The van der Waals surface area contributed by atoms with Gasteiger partial charge in [-0.25, -0.2) is 0 Å². The zero-order valence-electron chi connectivity index (χ0n) is 60.9. The van der Waals surface area contributed by atoms with Gasteiger partial charge in [0.1, 0.15) is 19.3 Å². The molecule has 0 aromatic carbocycles. The molecule has 530 valence electrons. The topological polar surface area (TPSA) is 114 Å². The first-order chi connectivity index (χ1) is 43.4.